The van der Waals surface area contributed by atoms with Gasteiger partial charge < -0.3 is 10.2 Å². The van der Waals surface area contributed by atoms with E-state index < -0.39 is 0 Å². The zero-order chi connectivity index (χ0) is 19.3. The highest BCUT2D eigenvalue weighted by Gasteiger charge is 2.24. The fourth-order valence-electron chi connectivity index (χ4n) is 2.82. The van der Waals surface area contributed by atoms with E-state index in [-0.39, 0.29) is 23.8 Å². The summed E-state index contributed by atoms with van der Waals surface area (Å²) in [5.74, 6) is -0.323. The van der Waals surface area contributed by atoms with Crippen LogP contribution in [0, 0.1) is 6.92 Å². The third-order valence-corrected chi connectivity index (χ3v) is 4.29. The minimum atomic E-state index is -0.176. The number of para-hydroxylation sites is 1. The van der Waals surface area contributed by atoms with Gasteiger partial charge in [0.25, 0.3) is 0 Å². The van der Waals surface area contributed by atoms with E-state index >= 15 is 0 Å². The predicted molar refractivity (Wildman–Crippen MR) is 106 cm³/mol. The average molecular weight is 352 g/mol. The molecule has 4 heteroatoms. The number of aryl methyl sites for hydroxylation is 1. The number of hydrogen-bond donors (Lipinski definition) is 1. The van der Waals surface area contributed by atoms with Gasteiger partial charge in [0.15, 0.2) is 0 Å². The summed E-state index contributed by atoms with van der Waals surface area (Å²) in [6.45, 7) is 10.3. The Kier molecular flexibility index (Phi) is 6.19. The number of anilines is 1. The molecular formula is C22H28N2O2. The van der Waals surface area contributed by atoms with Crippen molar-refractivity contribution in [2.45, 2.75) is 46.6 Å². The number of rotatable bonds is 5. The number of hydrogen-bond acceptors (Lipinski definition) is 2. The molecule has 0 atom stereocenters. The summed E-state index contributed by atoms with van der Waals surface area (Å²) in [4.78, 5) is 26.2. The second kappa shape index (κ2) is 8.17. The van der Waals surface area contributed by atoms with Crippen molar-refractivity contribution in [2.24, 2.45) is 0 Å². The van der Waals surface area contributed by atoms with Gasteiger partial charge in [0.2, 0.25) is 11.8 Å². The Bertz CT molecular complexity index is 773. The first kappa shape index (κ1) is 19.7. The maximum atomic E-state index is 12.4. The molecule has 0 bridgehead atoms. The van der Waals surface area contributed by atoms with Crippen LogP contribution in [0.15, 0.2) is 48.5 Å². The van der Waals surface area contributed by atoms with E-state index in [1.807, 2.05) is 55.5 Å². The van der Waals surface area contributed by atoms with E-state index in [0.717, 1.165) is 16.8 Å². The lowest BCUT2D eigenvalue weighted by molar-refractivity contribution is -0.123. The van der Waals surface area contributed by atoms with Crippen LogP contribution >= 0.6 is 0 Å². The lowest BCUT2D eigenvalue weighted by Gasteiger charge is -2.29. The molecule has 0 aliphatic carbocycles. The first-order valence-corrected chi connectivity index (χ1v) is 8.88. The molecule has 0 aliphatic heterocycles. The minimum Gasteiger partial charge on any atom is -0.350 e. The molecule has 0 saturated carbocycles. The van der Waals surface area contributed by atoms with Crippen molar-refractivity contribution in [1.82, 2.24) is 5.32 Å². The molecule has 26 heavy (non-hydrogen) atoms. The first-order valence-electron chi connectivity index (χ1n) is 8.88. The van der Waals surface area contributed by atoms with Crippen LogP contribution in [0.1, 0.15) is 44.4 Å². The van der Waals surface area contributed by atoms with E-state index in [2.05, 4.69) is 26.1 Å². The fourth-order valence-corrected chi connectivity index (χ4v) is 2.82. The Morgan fingerprint density at radius 1 is 1.00 bits per heavy atom. The van der Waals surface area contributed by atoms with E-state index in [0.29, 0.717) is 6.54 Å². The highest BCUT2D eigenvalue weighted by Crippen LogP contribution is 2.31. The van der Waals surface area contributed by atoms with Crippen molar-refractivity contribution in [3.05, 3.63) is 65.2 Å². The maximum absolute atomic E-state index is 12.4. The van der Waals surface area contributed by atoms with Gasteiger partial charge in [-0.2, -0.15) is 0 Å². The Labute approximate surface area is 156 Å². The molecule has 2 rings (SSSR count). The van der Waals surface area contributed by atoms with Crippen LogP contribution in [0.5, 0.6) is 0 Å². The summed E-state index contributed by atoms with van der Waals surface area (Å²) in [6.07, 6.45) is 0. The number of nitrogens with one attached hydrogen (secondary N) is 1. The molecule has 0 fully saturated rings. The van der Waals surface area contributed by atoms with Crippen LogP contribution in [-0.4, -0.2) is 18.4 Å². The third kappa shape index (κ3) is 5.19. The quantitative estimate of drug-likeness (QED) is 0.885. The van der Waals surface area contributed by atoms with Gasteiger partial charge in [0, 0.05) is 19.2 Å². The maximum Gasteiger partial charge on any atom is 0.240 e. The summed E-state index contributed by atoms with van der Waals surface area (Å²) < 4.78 is 0. The number of nitrogens with zero attached hydrogens (tertiary/aromatic N) is 1. The van der Waals surface area contributed by atoms with Crippen LogP contribution < -0.4 is 10.2 Å². The van der Waals surface area contributed by atoms with Crippen molar-refractivity contribution in [3.8, 4) is 0 Å². The van der Waals surface area contributed by atoms with Crippen LogP contribution in [0.4, 0.5) is 5.69 Å². The molecule has 1 N–H and O–H groups in total. The summed E-state index contributed by atoms with van der Waals surface area (Å²) in [6, 6.07) is 15.8. The monoisotopic (exact) mass is 352 g/mol. The van der Waals surface area contributed by atoms with Gasteiger partial charge in [-0.05, 0) is 29.5 Å². The number of carbonyl (C=O) groups excluding carboxylic acids is 2. The highest BCUT2D eigenvalue weighted by atomic mass is 16.2. The predicted octanol–water partition coefficient (Wildman–Crippen LogP) is 3.96. The van der Waals surface area contributed by atoms with Crippen molar-refractivity contribution in [2.75, 3.05) is 11.4 Å². The van der Waals surface area contributed by atoms with Gasteiger partial charge in [-0.25, -0.2) is 0 Å². The summed E-state index contributed by atoms with van der Waals surface area (Å²) in [7, 11) is 0. The Morgan fingerprint density at radius 2 is 1.62 bits per heavy atom. The van der Waals surface area contributed by atoms with E-state index in [1.54, 1.807) is 4.90 Å². The molecule has 2 amide bonds. The zero-order valence-corrected chi connectivity index (χ0v) is 16.3. The van der Waals surface area contributed by atoms with Gasteiger partial charge in [-0.15, -0.1) is 0 Å². The zero-order valence-electron chi connectivity index (χ0n) is 16.3. The smallest absolute Gasteiger partial charge is 0.240 e. The van der Waals surface area contributed by atoms with Crippen molar-refractivity contribution in [3.63, 3.8) is 0 Å². The number of carbonyl (C=O) groups is 2. The summed E-state index contributed by atoms with van der Waals surface area (Å²) in [5.41, 5.74) is 3.93. The lowest BCUT2D eigenvalue weighted by atomic mass is 9.85. The molecule has 0 radical (unpaired) electrons. The first-order chi connectivity index (χ1) is 12.2. The van der Waals surface area contributed by atoms with Gasteiger partial charge in [0.1, 0.15) is 6.54 Å². The van der Waals surface area contributed by atoms with Crippen molar-refractivity contribution < 1.29 is 9.59 Å². The molecule has 4 nitrogen and oxygen atoms in total. The lowest BCUT2D eigenvalue weighted by Crippen LogP contribution is -2.40. The normalized spacial score (nSPS) is 11.1. The van der Waals surface area contributed by atoms with Gasteiger partial charge in [-0.3, -0.25) is 9.59 Å². The Balaban J connectivity index is 2.12. The minimum absolute atomic E-state index is 0.00822. The molecule has 2 aromatic rings. The van der Waals surface area contributed by atoms with Crippen LogP contribution in [0.3, 0.4) is 0 Å². The van der Waals surface area contributed by atoms with Gasteiger partial charge >= 0.3 is 0 Å². The molecular weight excluding hydrogens is 324 g/mol. The van der Waals surface area contributed by atoms with Crippen LogP contribution in [0.25, 0.3) is 0 Å². The summed E-state index contributed by atoms with van der Waals surface area (Å²) in [5, 5.41) is 2.90. The Hall–Kier alpha value is -2.62. The second-order valence-electron chi connectivity index (χ2n) is 7.63. The number of amides is 2. The molecule has 0 aromatic heterocycles. The SMILES string of the molecule is CC(=O)N(CC(=O)NCc1ccc(C)cc1)c1ccccc1C(C)(C)C. The molecule has 0 spiro atoms. The van der Waals surface area contributed by atoms with Crippen LogP contribution in [-0.2, 0) is 21.5 Å². The molecule has 138 valence electrons. The topological polar surface area (TPSA) is 49.4 Å². The number of benzene rings is 2. The third-order valence-electron chi connectivity index (χ3n) is 4.29. The molecule has 2 aromatic carbocycles. The average Bonchev–Trinajstić information content (AvgIpc) is 2.58. The van der Waals surface area contributed by atoms with E-state index in [9.17, 15) is 9.59 Å². The standard InChI is InChI=1S/C22H28N2O2/c1-16-10-12-18(13-11-16)14-23-21(26)15-24(17(2)25)20-9-7-6-8-19(20)22(3,4)5/h6-13H,14-15H2,1-5H3,(H,23,26). The summed E-state index contributed by atoms with van der Waals surface area (Å²) >= 11 is 0. The molecule has 0 aliphatic rings. The largest absolute Gasteiger partial charge is 0.350 e. The molecule has 0 unspecified atom stereocenters. The fraction of sp³-hybridized carbons (Fsp3) is 0.364. The van der Waals surface area contributed by atoms with Crippen molar-refractivity contribution >= 4 is 17.5 Å². The van der Waals surface area contributed by atoms with E-state index in [1.165, 1.54) is 12.5 Å². The van der Waals surface area contributed by atoms with Gasteiger partial charge in [-0.1, -0.05) is 68.8 Å². The van der Waals surface area contributed by atoms with E-state index in [4.69, 9.17) is 0 Å². The Morgan fingerprint density at radius 3 is 2.19 bits per heavy atom. The van der Waals surface area contributed by atoms with Crippen molar-refractivity contribution in [1.29, 1.82) is 0 Å². The molecule has 0 saturated heterocycles. The van der Waals surface area contributed by atoms with Gasteiger partial charge in [0.05, 0.1) is 0 Å². The van der Waals surface area contributed by atoms with Crippen LogP contribution in [0.2, 0.25) is 0 Å². The second-order valence-corrected chi connectivity index (χ2v) is 7.63. The molecule has 0 heterocycles. The highest BCUT2D eigenvalue weighted by molar-refractivity contribution is 5.98.